The fraction of sp³-hybridized carbons (Fsp3) is 0.364. The zero-order valence-corrected chi connectivity index (χ0v) is 19.6. The summed E-state index contributed by atoms with van der Waals surface area (Å²) in [7, 11) is 3.16. The molecule has 8 heteroatoms. The quantitative estimate of drug-likeness (QED) is 0.524. The van der Waals surface area contributed by atoms with Crippen LogP contribution in [0.5, 0.6) is 11.5 Å². The Hall–Kier alpha value is -2.16. The lowest BCUT2D eigenvalue weighted by Crippen LogP contribution is -2.49. The van der Waals surface area contributed by atoms with Crippen molar-refractivity contribution in [2.24, 2.45) is 0 Å². The van der Waals surface area contributed by atoms with Gasteiger partial charge in [0.25, 0.3) is 5.91 Å². The van der Waals surface area contributed by atoms with E-state index < -0.39 is 0 Å². The number of fused-ring (bicyclic) bond motifs is 1. The first-order chi connectivity index (χ1) is 14.5. The summed E-state index contributed by atoms with van der Waals surface area (Å²) >= 11 is 5.20. The van der Waals surface area contributed by atoms with Crippen molar-refractivity contribution in [3.05, 3.63) is 51.4 Å². The molecule has 0 N–H and O–H groups in total. The number of benzene rings is 2. The number of ether oxygens (including phenoxy) is 2. The number of thiazole rings is 1. The summed E-state index contributed by atoms with van der Waals surface area (Å²) in [4.78, 5) is 22.2. The third-order valence-corrected chi connectivity index (χ3v) is 7.50. The largest absolute Gasteiger partial charge is 0.495 e. The SMILES string of the molecule is COc1cc(C(=O)N2CCN(C(C)c3nc4ccccc4s3)CC2)cc(OC)c1Br. The number of hydrogen-bond donors (Lipinski definition) is 0. The molecule has 1 fully saturated rings. The smallest absolute Gasteiger partial charge is 0.254 e. The molecule has 3 aromatic rings. The number of para-hydroxylation sites is 1. The molecule has 0 aliphatic carbocycles. The normalized spacial score (nSPS) is 15.9. The number of rotatable bonds is 5. The molecule has 1 saturated heterocycles. The van der Waals surface area contributed by atoms with E-state index in [1.54, 1.807) is 37.7 Å². The van der Waals surface area contributed by atoms with Gasteiger partial charge < -0.3 is 14.4 Å². The van der Waals surface area contributed by atoms with Gasteiger partial charge in [0.1, 0.15) is 21.0 Å². The maximum absolute atomic E-state index is 13.1. The molecule has 1 aliphatic heterocycles. The van der Waals surface area contributed by atoms with E-state index in [2.05, 4.69) is 39.9 Å². The molecule has 30 heavy (non-hydrogen) atoms. The van der Waals surface area contributed by atoms with Crippen molar-refractivity contribution in [3.63, 3.8) is 0 Å². The Kier molecular flexibility index (Phi) is 6.26. The molecule has 6 nitrogen and oxygen atoms in total. The lowest BCUT2D eigenvalue weighted by Gasteiger charge is -2.37. The number of hydrogen-bond acceptors (Lipinski definition) is 6. The number of carbonyl (C=O) groups excluding carboxylic acids is 1. The van der Waals surface area contributed by atoms with E-state index in [-0.39, 0.29) is 11.9 Å². The molecule has 1 amide bonds. The van der Waals surface area contributed by atoms with Crippen LogP contribution in [0.2, 0.25) is 0 Å². The zero-order valence-electron chi connectivity index (χ0n) is 17.2. The standard InChI is InChI=1S/C22H24BrN3O3S/c1-14(21-24-16-6-4-5-7-19(16)30-21)25-8-10-26(11-9-25)22(27)15-12-17(28-2)20(23)18(13-15)29-3/h4-7,12-14H,8-11H2,1-3H3. The van der Waals surface area contributed by atoms with Gasteiger partial charge in [-0.3, -0.25) is 9.69 Å². The molecule has 0 spiro atoms. The van der Waals surface area contributed by atoms with E-state index >= 15 is 0 Å². The van der Waals surface area contributed by atoms with Gasteiger partial charge in [-0.15, -0.1) is 11.3 Å². The Morgan fingerprint density at radius 1 is 1.10 bits per heavy atom. The first-order valence-corrected chi connectivity index (χ1v) is 11.4. The molecule has 0 bridgehead atoms. The first kappa shape index (κ1) is 21.1. The number of amides is 1. The van der Waals surface area contributed by atoms with E-state index in [4.69, 9.17) is 14.5 Å². The highest BCUT2D eigenvalue weighted by molar-refractivity contribution is 9.10. The van der Waals surface area contributed by atoms with Crippen molar-refractivity contribution in [2.75, 3.05) is 40.4 Å². The molecule has 1 unspecified atom stereocenters. The Bertz CT molecular complexity index is 1000. The molecule has 0 saturated carbocycles. The molecular formula is C22H24BrN3O3S. The van der Waals surface area contributed by atoms with E-state index in [0.717, 1.165) is 23.6 Å². The van der Waals surface area contributed by atoms with Crippen LogP contribution in [0.15, 0.2) is 40.9 Å². The fourth-order valence-corrected chi connectivity index (χ4v) is 5.32. The molecule has 2 aromatic carbocycles. The number of piperazine rings is 1. The van der Waals surface area contributed by atoms with Crippen molar-refractivity contribution in [1.82, 2.24) is 14.8 Å². The van der Waals surface area contributed by atoms with Crippen LogP contribution in [0.1, 0.15) is 28.3 Å². The lowest BCUT2D eigenvalue weighted by molar-refractivity contribution is 0.0581. The molecule has 4 rings (SSSR count). The van der Waals surface area contributed by atoms with E-state index in [1.807, 2.05) is 17.0 Å². The Labute approximate surface area is 188 Å². The summed E-state index contributed by atoms with van der Waals surface area (Å²) < 4.78 is 12.7. The van der Waals surface area contributed by atoms with E-state index in [0.29, 0.717) is 34.6 Å². The third kappa shape index (κ3) is 4.04. The first-order valence-electron chi connectivity index (χ1n) is 9.82. The second-order valence-corrected chi connectivity index (χ2v) is 9.07. The van der Waals surface area contributed by atoms with Gasteiger partial charge in [0.05, 0.1) is 30.5 Å². The topological polar surface area (TPSA) is 54.9 Å². The Morgan fingerprint density at radius 2 is 1.73 bits per heavy atom. The number of aromatic nitrogens is 1. The maximum Gasteiger partial charge on any atom is 0.254 e. The van der Waals surface area contributed by atoms with Gasteiger partial charge >= 0.3 is 0 Å². The van der Waals surface area contributed by atoms with Crippen LogP contribution in [0.3, 0.4) is 0 Å². The van der Waals surface area contributed by atoms with Crippen LogP contribution in [0.25, 0.3) is 10.2 Å². The molecule has 2 heterocycles. The minimum absolute atomic E-state index is 0.00797. The zero-order chi connectivity index (χ0) is 21.3. The monoisotopic (exact) mass is 489 g/mol. The predicted octanol–water partition coefficient (Wildman–Crippen LogP) is 4.60. The van der Waals surface area contributed by atoms with Crippen LogP contribution in [-0.2, 0) is 0 Å². The van der Waals surface area contributed by atoms with Gasteiger partial charge in [-0.05, 0) is 47.1 Å². The van der Waals surface area contributed by atoms with E-state index in [1.165, 1.54) is 4.70 Å². The molecule has 1 aliphatic rings. The summed E-state index contributed by atoms with van der Waals surface area (Å²) in [5.74, 6) is 1.16. The molecule has 158 valence electrons. The molecule has 1 atom stereocenters. The highest BCUT2D eigenvalue weighted by atomic mass is 79.9. The number of methoxy groups -OCH3 is 2. The lowest BCUT2D eigenvalue weighted by atomic mass is 10.1. The maximum atomic E-state index is 13.1. The Morgan fingerprint density at radius 3 is 2.33 bits per heavy atom. The predicted molar refractivity (Wildman–Crippen MR) is 123 cm³/mol. The fourth-order valence-electron chi connectivity index (χ4n) is 3.71. The van der Waals surface area contributed by atoms with Crippen molar-refractivity contribution < 1.29 is 14.3 Å². The van der Waals surface area contributed by atoms with Gasteiger partial charge in [-0.1, -0.05) is 12.1 Å². The second-order valence-electron chi connectivity index (χ2n) is 7.22. The molecular weight excluding hydrogens is 466 g/mol. The summed E-state index contributed by atoms with van der Waals surface area (Å²) in [6.07, 6.45) is 0. The summed E-state index contributed by atoms with van der Waals surface area (Å²) in [5.41, 5.74) is 1.62. The van der Waals surface area contributed by atoms with Crippen molar-refractivity contribution in [1.29, 1.82) is 0 Å². The number of carbonyl (C=O) groups is 1. The summed E-state index contributed by atoms with van der Waals surface area (Å²) in [6, 6.07) is 12.0. The average Bonchev–Trinajstić information content (AvgIpc) is 3.22. The van der Waals surface area contributed by atoms with Gasteiger partial charge in [0.2, 0.25) is 0 Å². The second kappa shape index (κ2) is 8.91. The van der Waals surface area contributed by atoms with Crippen LogP contribution >= 0.6 is 27.3 Å². The van der Waals surface area contributed by atoms with Crippen molar-refractivity contribution in [2.45, 2.75) is 13.0 Å². The van der Waals surface area contributed by atoms with Gasteiger partial charge in [-0.25, -0.2) is 4.98 Å². The van der Waals surface area contributed by atoms with Crippen molar-refractivity contribution >= 4 is 43.4 Å². The average molecular weight is 490 g/mol. The van der Waals surface area contributed by atoms with Crippen LogP contribution in [-0.4, -0.2) is 61.1 Å². The van der Waals surface area contributed by atoms with Gasteiger partial charge in [-0.2, -0.15) is 0 Å². The van der Waals surface area contributed by atoms with Gasteiger partial charge in [0.15, 0.2) is 0 Å². The highest BCUT2D eigenvalue weighted by Crippen LogP contribution is 2.36. The van der Waals surface area contributed by atoms with E-state index in [9.17, 15) is 4.79 Å². The molecule has 1 aromatic heterocycles. The third-order valence-electron chi connectivity index (χ3n) is 5.51. The highest BCUT2D eigenvalue weighted by Gasteiger charge is 2.27. The van der Waals surface area contributed by atoms with Crippen molar-refractivity contribution in [3.8, 4) is 11.5 Å². The Balaban J connectivity index is 1.44. The minimum atomic E-state index is -0.00797. The van der Waals surface area contributed by atoms with Gasteiger partial charge in [0, 0.05) is 31.7 Å². The van der Waals surface area contributed by atoms with Crippen LogP contribution < -0.4 is 9.47 Å². The summed E-state index contributed by atoms with van der Waals surface area (Å²) in [5, 5.41) is 1.12. The minimum Gasteiger partial charge on any atom is -0.495 e. The van der Waals surface area contributed by atoms with Crippen LogP contribution in [0.4, 0.5) is 0 Å². The number of halogens is 1. The molecule has 0 radical (unpaired) electrons. The van der Waals surface area contributed by atoms with Crippen LogP contribution in [0, 0.1) is 0 Å². The summed E-state index contributed by atoms with van der Waals surface area (Å²) in [6.45, 7) is 5.17. The number of nitrogens with zero attached hydrogens (tertiary/aromatic N) is 3.